The molecule has 0 spiro atoms. The van der Waals surface area contributed by atoms with Crippen molar-refractivity contribution in [1.82, 2.24) is 0 Å². The molecule has 3 nitrogen and oxygen atoms in total. The minimum Gasteiger partial charge on any atom is -0.371 e. The quantitative estimate of drug-likeness (QED) is 0.859. The molecule has 2 rings (SSSR count). The number of nitrogens with one attached hydrogen (secondary N) is 1. The van der Waals surface area contributed by atoms with Gasteiger partial charge in [-0.1, -0.05) is 29.8 Å². The molecule has 0 saturated carbocycles. The molecule has 0 unspecified atom stereocenters. The summed E-state index contributed by atoms with van der Waals surface area (Å²) in [4.78, 5) is 14.1. The number of carbonyl (C=O) groups is 1. The van der Waals surface area contributed by atoms with Gasteiger partial charge in [0.05, 0.1) is 5.69 Å². The predicted molar refractivity (Wildman–Crippen MR) is 89.0 cm³/mol. The summed E-state index contributed by atoms with van der Waals surface area (Å²) >= 11 is 5.68. The Hall–Kier alpha value is -2.07. The lowest BCUT2D eigenvalue weighted by molar-refractivity contribution is -0.116. The average molecular weight is 321 g/mol. The topological polar surface area (TPSA) is 32.3 Å². The fourth-order valence-electron chi connectivity index (χ4n) is 2.15. The lowest BCUT2D eigenvalue weighted by Gasteiger charge is -2.22. The van der Waals surface area contributed by atoms with E-state index >= 15 is 0 Å². The zero-order valence-electron chi connectivity index (χ0n) is 12.4. The maximum absolute atomic E-state index is 13.6. The summed E-state index contributed by atoms with van der Waals surface area (Å²) in [6, 6.07) is 14.1. The van der Waals surface area contributed by atoms with E-state index in [-0.39, 0.29) is 18.0 Å². The summed E-state index contributed by atoms with van der Waals surface area (Å²) in [7, 11) is 0. The Labute approximate surface area is 134 Å². The molecule has 2 aromatic carbocycles. The summed E-state index contributed by atoms with van der Waals surface area (Å²) < 4.78 is 13.6. The highest BCUT2D eigenvalue weighted by Gasteiger charge is 2.10. The maximum atomic E-state index is 13.6. The fraction of sp³-hybridized carbons (Fsp3) is 0.235. The lowest BCUT2D eigenvalue weighted by atomic mass is 10.2. The van der Waals surface area contributed by atoms with Gasteiger partial charge in [0.1, 0.15) is 5.82 Å². The van der Waals surface area contributed by atoms with Crippen molar-refractivity contribution >= 4 is 28.9 Å². The van der Waals surface area contributed by atoms with E-state index in [0.717, 1.165) is 12.2 Å². The van der Waals surface area contributed by atoms with Crippen molar-refractivity contribution < 1.29 is 9.18 Å². The van der Waals surface area contributed by atoms with Crippen LogP contribution in [0.4, 0.5) is 15.8 Å². The predicted octanol–water partition coefficient (Wildman–Crippen LogP) is 4.33. The van der Waals surface area contributed by atoms with E-state index in [1.165, 1.54) is 12.1 Å². The summed E-state index contributed by atoms with van der Waals surface area (Å²) in [5, 5.41) is 2.87. The molecule has 0 aliphatic heterocycles. The molecule has 0 heterocycles. The molecule has 0 radical (unpaired) electrons. The SMILES string of the molecule is CCN(CCC(=O)Nc1ccc(Cl)cc1F)c1ccccc1. The first-order chi connectivity index (χ1) is 10.6. The van der Waals surface area contributed by atoms with Crippen LogP contribution < -0.4 is 10.2 Å². The van der Waals surface area contributed by atoms with Crippen LogP contribution in [0.25, 0.3) is 0 Å². The van der Waals surface area contributed by atoms with E-state index in [1.54, 1.807) is 6.07 Å². The van der Waals surface area contributed by atoms with Crippen LogP contribution in [-0.2, 0) is 4.79 Å². The van der Waals surface area contributed by atoms with Crippen LogP contribution in [-0.4, -0.2) is 19.0 Å². The summed E-state index contributed by atoms with van der Waals surface area (Å²) in [6.07, 6.45) is 0.283. The zero-order valence-corrected chi connectivity index (χ0v) is 13.1. The first kappa shape index (κ1) is 16.3. The molecule has 0 aliphatic rings. The van der Waals surface area contributed by atoms with E-state index in [0.29, 0.717) is 11.6 Å². The molecule has 0 saturated heterocycles. The number of hydrogen-bond donors (Lipinski definition) is 1. The van der Waals surface area contributed by atoms with E-state index in [9.17, 15) is 9.18 Å². The monoisotopic (exact) mass is 320 g/mol. The van der Waals surface area contributed by atoms with Crippen molar-refractivity contribution in [2.75, 3.05) is 23.3 Å². The molecule has 2 aromatic rings. The Bertz CT molecular complexity index is 634. The number of para-hydroxylation sites is 1. The molecular weight excluding hydrogens is 303 g/mol. The number of anilines is 2. The average Bonchev–Trinajstić information content (AvgIpc) is 2.52. The van der Waals surface area contributed by atoms with Crippen molar-refractivity contribution in [3.63, 3.8) is 0 Å². The minimum atomic E-state index is -0.531. The lowest BCUT2D eigenvalue weighted by Crippen LogP contribution is -2.27. The van der Waals surface area contributed by atoms with Gasteiger partial charge in [0.25, 0.3) is 0 Å². The zero-order chi connectivity index (χ0) is 15.9. The van der Waals surface area contributed by atoms with Crippen LogP contribution in [0.15, 0.2) is 48.5 Å². The van der Waals surface area contributed by atoms with Gasteiger partial charge in [-0.05, 0) is 37.3 Å². The van der Waals surface area contributed by atoms with Gasteiger partial charge < -0.3 is 10.2 Å². The van der Waals surface area contributed by atoms with Crippen molar-refractivity contribution in [3.05, 3.63) is 59.4 Å². The Morgan fingerprint density at radius 3 is 2.59 bits per heavy atom. The van der Waals surface area contributed by atoms with Gasteiger partial charge in [-0.3, -0.25) is 4.79 Å². The Kier molecular flexibility index (Phi) is 5.78. The minimum absolute atomic E-state index is 0.150. The van der Waals surface area contributed by atoms with Crippen molar-refractivity contribution in [2.24, 2.45) is 0 Å². The molecule has 22 heavy (non-hydrogen) atoms. The fourth-order valence-corrected chi connectivity index (χ4v) is 2.31. The summed E-state index contributed by atoms with van der Waals surface area (Å²) in [6.45, 7) is 3.40. The number of amides is 1. The van der Waals surface area contributed by atoms with Gasteiger partial charge >= 0.3 is 0 Å². The van der Waals surface area contributed by atoms with Crippen LogP contribution >= 0.6 is 11.6 Å². The molecule has 0 aromatic heterocycles. The van der Waals surface area contributed by atoms with E-state index in [2.05, 4.69) is 10.2 Å². The molecule has 0 aliphatic carbocycles. The highest BCUT2D eigenvalue weighted by molar-refractivity contribution is 6.30. The third-order valence-corrected chi connectivity index (χ3v) is 3.55. The molecular formula is C17H18ClFN2O. The molecule has 0 fully saturated rings. The molecule has 1 N–H and O–H groups in total. The van der Waals surface area contributed by atoms with Crippen LogP contribution in [0.2, 0.25) is 5.02 Å². The molecule has 0 atom stereocenters. The van der Waals surface area contributed by atoms with E-state index in [1.807, 2.05) is 37.3 Å². The summed E-state index contributed by atoms with van der Waals surface area (Å²) in [5.74, 6) is -0.758. The smallest absolute Gasteiger partial charge is 0.226 e. The Morgan fingerprint density at radius 2 is 1.95 bits per heavy atom. The van der Waals surface area contributed by atoms with Crippen molar-refractivity contribution in [1.29, 1.82) is 0 Å². The molecule has 5 heteroatoms. The standard InChI is InChI=1S/C17H18ClFN2O/c1-2-21(14-6-4-3-5-7-14)11-10-17(22)20-16-9-8-13(18)12-15(16)19/h3-9,12H,2,10-11H2,1H3,(H,20,22). The first-order valence-electron chi connectivity index (χ1n) is 7.15. The van der Waals surface area contributed by atoms with Gasteiger partial charge in [-0.25, -0.2) is 4.39 Å². The van der Waals surface area contributed by atoms with Crippen LogP contribution in [0.5, 0.6) is 0 Å². The number of benzene rings is 2. The third kappa shape index (κ3) is 4.46. The van der Waals surface area contributed by atoms with Crippen molar-refractivity contribution in [3.8, 4) is 0 Å². The molecule has 116 valence electrons. The highest BCUT2D eigenvalue weighted by atomic mass is 35.5. The van der Waals surface area contributed by atoms with Crippen LogP contribution in [0.1, 0.15) is 13.3 Å². The highest BCUT2D eigenvalue weighted by Crippen LogP contribution is 2.19. The third-order valence-electron chi connectivity index (χ3n) is 3.32. The second-order valence-corrected chi connectivity index (χ2v) is 5.27. The van der Waals surface area contributed by atoms with Gasteiger partial charge in [-0.15, -0.1) is 0 Å². The number of hydrogen-bond acceptors (Lipinski definition) is 2. The van der Waals surface area contributed by atoms with Gasteiger partial charge in [0.15, 0.2) is 0 Å². The maximum Gasteiger partial charge on any atom is 0.226 e. The number of rotatable bonds is 6. The van der Waals surface area contributed by atoms with Gasteiger partial charge in [-0.2, -0.15) is 0 Å². The van der Waals surface area contributed by atoms with E-state index < -0.39 is 5.82 Å². The second kappa shape index (κ2) is 7.80. The largest absolute Gasteiger partial charge is 0.371 e. The second-order valence-electron chi connectivity index (χ2n) is 4.84. The van der Waals surface area contributed by atoms with Gasteiger partial charge in [0.2, 0.25) is 5.91 Å². The van der Waals surface area contributed by atoms with Gasteiger partial charge in [0, 0.05) is 30.2 Å². The summed E-state index contributed by atoms with van der Waals surface area (Å²) in [5.41, 5.74) is 1.22. The number of carbonyl (C=O) groups excluding carboxylic acids is 1. The normalized spacial score (nSPS) is 10.3. The Balaban J connectivity index is 1.92. The van der Waals surface area contributed by atoms with Crippen LogP contribution in [0.3, 0.4) is 0 Å². The van der Waals surface area contributed by atoms with Crippen molar-refractivity contribution in [2.45, 2.75) is 13.3 Å². The Morgan fingerprint density at radius 1 is 1.23 bits per heavy atom. The van der Waals surface area contributed by atoms with Crippen LogP contribution in [0, 0.1) is 5.82 Å². The van der Waals surface area contributed by atoms with E-state index in [4.69, 9.17) is 11.6 Å². The number of nitrogens with zero attached hydrogens (tertiary/aromatic N) is 1. The molecule has 1 amide bonds. The first-order valence-corrected chi connectivity index (χ1v) is 7.53. The molecule has 0 bridgehead atoms. The number of halogens is 2.